The van der Waals surface area contributed by atoms with Gasteiger partial charge in [-0.3, -0.25) is 4.79 Å². The van der Waals surface area contributed by atoms with Gasteiger partial charge in [0, 0.05) is 23.6 Å². The van der Waals surface area contributed by atoms with E-state index in [0.29, 0.717) is 10.6 Å². The second-order valence-corrected chi connectivity index (χ2v) is 4.29. The summed E-state index contributed by atoms with van der Waals surface area (Å²) in [5.41, 5.74) is 1.21. The van der Waals surface area contributed by atoms with Crippen LogP contribution >= 0.6 is 11.6 Å². The Balaban J connectivity index is 2.55. The topological polar surface area (TPSA) is 86.6 Å². The fraction of sp³-hybridized carbons (Fsp3) is 0.333. The number of nitrogens with one attached hydrogen (secondary N) is 1. The Morgan fingerprint density at radius 3 is 2.72 bits per heavy atom. The van der Waals surface area contributed by atoms with Gasteiger partial charge in [0.1, 0.15) is 0 Å². The third-order valence-electron chi connectivity index (χ3n) is 2.43. The second kappa shape index (κ2) is 6.37. The highest BCUT2D eigenvalue weighted by molar-refractivity contribution is 6.31. The molecule has 0 aliphatic carbocycles. The van der Waals surface area contributed by atoms with Crippen molar-refractivity contribution >= 4 is 23.5 Å². The van der Waals surface area contributed by atoms with Crippen molar-refractivity contribution in [1.82, 2.24) is 5.32 Å². The number of carboxylic acids is 1. The number of carbonyl (C=O) groups excluding carboxylic acids is 1. The number of hydrogen-bond donors (Lipinski definition) is 3. The number of aliphatic hydroxyl groups is 1. The van der Waals surface area contributed by atoms with Gasteiger partial charge in [-0.15, -0.1) is 0 Å². The molecule has 98 valence electrons. The quantitative estimate of drug-likeness (QED) is 0.751. The van der Waals surface area contributed by atoms with E-state index in [1.165, 1.54) is 0 Å². The molecule has 3 N–H and O–H groups in total. The van der Waals surface area contributed by atoms with Gasteiger partial charge in [0.2, 0.25) is 0 Å². The molecule has 18 heavy (non-hydrogen) atoms. The largest absolute Gasteiger partial charge is 0.479 e. The monoisotopic (exact) mass is 271 g/mol. The maximum atomic E-state index is 11.8. The molecule has 0 saturated heterocycles. The molecule has 0 unspecified atom stereocenters. The van der Waals surface area contributed by atoms with Crippen LogP contribution in [0.5, 0.6) is 0 Å². The molecule has 1 aromatic carbocycles. The van der Waals surface area contributed by atoms with Crippen molar-refractivity contribution in [2.24, 2.45) is 0 Å². The highest BCUT2D eigenvalue weighted by Crippen LogP contribution is 2.15. The third kappa shape index (κ3) is 4.01. The predicted molar refractivity (Wildman–Crippen MR) is 66.8 cm³/mol. The van der Waals surface area contributed by atoms with Gasteiger partial charge in [-0.25, -0.2) is 4.79 Å². The fourth-order valence-corrected chi connectivity index (χ4v) is 1.55. The molecule has 0 aliphatic rings. The first-order valence-electron chi connectivity index (χ1n) is 5.37. The van der Waals surface area contributed by atoms with Gasteiger partial charge in [0.05, 0.1) is 0 Å². The van der Waals surface area contributed by atoms with Gasteiger partial charge in [-0.05, 0) is 24.6 Å². The SMILES string of the molecule is Cc1ccc(Cl)cc1C(=O)NCC[C@H](O)C(=O)O. The molecule has 0 saturated carbocycles. The summed E-state index contributed by atoms with van der Waals surface area (Å²) in [7, 11) is 0. The first kappa shape index (κ1) is 14.5. The van der Waals surface area contributed by atoms with Crippen LogP contribution in [0.25, 0.3) is 0 Å². The lowest BCUT2D eigenvalue weighted by Gasteiger charge is -2.09. The van der Waals surface area contributed by atoms with Crippen LogP contribution in [0.15, 0.2) is 18.2 Å². The summed E-state index contributed by atoms with van der Waals surface area (Å²) in [6.07, 6.45) is -1.51. The molecule has 1 aromatic rings. The minimum atomic E-state index is -1.47. The molecular formula is C12H14ClNO4. The number of aryl methyl sites for hydroxylation is 1. The summed E-state index contributed by atoms with van der Waals surface area (Å²) in [6, 6.07) is 4.95. The first-order chi connectivity index (χ1) is 8.41. The van der Waals surface area contributed by atoms with E-state index in [1.54, 1.807) is 25.1 Å². The average molecular weight is 272 g/mol. The highest BCUT2D eigenvalue weighted by Gasteiger charge is 2.14. The lowest BCUT2D eigenvalue weighted by molar-refractivity contribution is -0.146. The molecule has 0 fully saturated rings. The number of amides is 1. The van der Waals surface area contributed by atoms with Gasteiger partial charge in [-0.2, -0.15) is 0 Å². The van der Waals surface area contributed by atoms with Gasteiger partial charge in [0.15, 0.2) is 6.10 Å². The number of rotatable bonds is 5. The Labute approximate surface area is 109 Å². The van der Waals surface area contributed by atoms with E-state index in [1.807, 2.05) is 0 Å². The number of carboxylic acid groups (broad SMARTS) is 1. The first-order valence-corrected chi connectivity index (χ1v) is 5.75. The maximum absolute atomic E-state index is 11.8. The Morgan fingerprint density at radius 2 is 2.11 bits per heavy atom. The second-order valence-electron chi connectivity index (χ2n) is 3.86. The van der Waals surface area contributed by atoms with Gasteiger partial charge < -0.3 is 15.5 Å². The van der Waals surface area contributed by atoms with Crippen molar-refractivity contribution in [3.8, 4) is 0 Å². The molecule has 0 bridgehead atoms. The molecule has 1 atom stereocenters. The van der Waals surface area contributed by atoms with Crippen LogP contribution in [-0.2, 0) is 4.79 Å². The molecule has 0 aromatic heterocycles. The molecule has 1 amide bonds. The van der Waals surface area contributed by atoms with E-state index in [2.05, 4.69) is 5.32 Å². The zero-order valence-electron chi connectivity index (χ0n) is 9.81. The molecule has 5 nitrogen and oxygen atoms in total. The summed E-state index contributed by atoms with van der Waals surface area (Å²) < 4.78 is 0. The van der Waals surface area contributed by atoms with E-state index < -0.39 is 12.1 Å². The van der Waals surface area contributed by atoms with Crippen LogP contribution in [0.1, 0.15) is 22.3 Å². The Kier molecular flexibility index (Phi) is 5.12. The summed E-state index contributed by atoms with van der Waals surface area (Å²) >= 11 is 5.79. The minimum Gasteiger partial charge on any atom is -0.479 e. The maximum Gasteiger partial charge on any atom is 0.332 e. The van der Waals surface area contributed by atoms with Crippen molar-refractivity contribution < 1.29 is 19.8 Å². The molecule has 0 spiro atoms. The van der Waals surface area contributed by atoms with Gasteiger partial charge in [0.25, 0.3) is 5.91 Å². The normalized spacial score (nSPS) is 11.9. The summed E-state index contributed by atoms with van der Waals surface area (Å²) in [6.45, 7) is 1.86. The number of aliphatic carboxylic acids is 1. The van der Waals surface area contributed by atoms with Crippen LogP contribution in [0, 0.1) is 6.92 Å². The number of aliphatic hydroxyl groups excluding tert-OH is 1. The molecule has 0 heterocycles. The van der Waals surface area contributed by atoms with Crippen LogP contribution in [-0.4, -0.2) is 34.7 Å². The highest BCUT2D eigenvalue weighted by atomic mass is 35.5. The lowest BCUT2D eigenvalue weighted by atomic mass is 10.1. The number of benzene rings is 1. The molecule has 0 aliphatic heterocycles. The smallest absolute Gasteiger partial charge is 0.332 e. The van der Waals surface area contributed by atoms with E-state index in [9.17, 15) is 9.59 Å². The minimum absolute atomic E-state index is 0.0410. The van der Waals surface area contributed by atoms with E-state index in [-0.39, 0.29) is 18.9 Å². The Hall–Kier alpha value is -1.59. The third-order valence-corrected chi connectivity index (χ3v) is 2.67. The number of carbonyl (C=O) groups is 2. The van der Waals surface area contributed by atoms with Crippen LogP contribution in [0.4, 0.5) is 0 Å². The van der Waals surface area contributed by atoms with Crippen LogP contribution < -0.4 is 5.32 Å². The Bertz CT molecular complexity index is 461. The fourth-order valence-electron chi connectivity index (χ4n) is 1.38. The zero-order chi connectivity index (χ0) is 13.7. The summed E-state index contributed by atoms with van der Waals surface area (Å²) in [5.74, 6) is -1.64. The zero-order valence-corrected chi connectivity index (χ0v) is 10.6. The molecular weight excluding hydrogens is 258 g/mol. The van der Waals surface area contributed by atoms with E-state index in [4.69, 9.17) is 21.8 Å². The van der Waals surface area contributed by atoms with Gasteiger partial charge >= 0.3 is 5.97 Å². The van der Waals surface area contributed by atoms with Crippen molar-refractivity contribution in [2.75, 3.05) is 6.54 Å². The van der Waals surface area contributed by atoms with Crippen molar-refractivity contribution in [1.29, 1.82) is 0 Å². The molecule has 6 heteroatoms. The van der Waals surface area contributed by atoms with Crippen molar-refractivity contribution in [3.63, 3.8) is 0 Å². The standard InChI is InChI=1S/C12H14ClNO4/c1-7-2-3-8(13)6-9(7)11(16)14-5-4-10(15)12(17)18/h2-3,6,10,15H,4-5H2,1H3,(H,14,16)(H,17,18)/t10-/m0/s1. The van der Waals surface area contributed by atoms with Crippen LogP contribution in [0.3, 0.4) is 0 Å². The average Bonchev–Trinajstić information content (AvgIpc) is 2.31. The molecule has 0 radical (unpaired) electrons. The Morgan fingerprint density at radius 1 is 1.44 bits per heavy atom. The van der Waals surface area contributed by atoms with E-state index in [0.717, 1.165) is 5.56 Å². The van der Waals surface area contributed by atoms with Gasteiger partial charge in [-0.1, -0.05) is 17.7 Å². The number of halogens is 1. The predicted octanol–water partition coefficient (Wildman–Crippen LogP) is 1.21. The molecule has 1 rings (SSSR count). The summed E-state index contributed by atoms with van der Waals surface area (Å²) in [5, 5.41) is 20.5. The summed E-state index contributed by atoms with van der Waals surface area (Å²) in [4.78, 5) is 22.1. The lowest BCUT2D eigenvalue weighted by Crippen LogP contribution is -2.30. The van der Waals surface area contributed by atoms with Crippen molar-refractivity contribution in [2.45, 2.75) is 19.4 Å². The van der Waals surface area contributed by atoms with Crippen LogP contribution in [0.2, 0.25) is 5.02 Å². The van der Waals surface area contributed by atoms with E-state index >= 15 is 0 Å². The number of hydrogen-bond acceptors (Lipinski definition) is 3. The van der Waals surface area contributed by atoms with Crippen molar-refractivity contribution in [3.05, 3.63) is 34.3 Å².